The van der Waals surface area contributed by atoms with Crippen molar-refractivity contribution < 1.29 is 9.15 Å². The molecule has 4 aliphatic rings. The summed E-state index contributed by atoms with van der Waals surface area (Å²) in [5.74, 6) is -0.178. The lowest BCUT2D eigenvalue weighted by molar-refractivity contribution is -0.401. The summed E-state index contributed by atoms with van der Waals surface area (Å²) in [6.45, 7) is 9.60. The van der Waals surface area contributed by atoms with Crippen LogP contribution in [0.1, 0.15) is 94.8 Å². The minimum atomic E-state index is -0.487. The van der Waals surface area contributed by atoms with Crippen molar-refractivity contribution in [3.05, 3.63) is 394 Å². The fourth-order valence-corrected chi connectivity index (χ4v) is 19.1. The summed E-state index contributed by atoms with van der Waals surface area (Å²) in [5, 5.41) is 10.3. The Bertz CT molecular complexity index is 5220. The van der Waals surface area contributed by atoms with E-state index >= 15 is 0 Å². The Morgan fingerprint density at radius 3 is 1.00 bits per heavy atom. The Kier molecular flexibility index (Phi) is 15.6. The molecule has 0 N–H and O–H groups in total. The van der Waals surface area contributed by atoms with E-state index in [1.165, 1.54) is 150 Å². The first-order valence-corrected chi connectivity index (χ1v) is 36.1. The summed E-state index contributed by atoms with van der Waals surface area (Å²) in [6, 6.07) is 107. The van der Waals surface area contributed by atoms with Crippen LogP contribution in [0.15, 0.2) is 333 Å². The lowest BCUT2D eigenvalue weighted by Crippen LogP contribution is -2.39. The monoisotopic (exact) mass is 1310 g/mol. The highest BCUT2D eigenvalue weighted by molar-refractivity contribution is 6.12. The molecule has 4 aliphatic heterocycles. The van der Waals surface area contributed by atoms with Crippen molar-refractivity contribution in [1.29, 1.82) is 0 Å². The molecule has 0 amide bonds. The highest BCUT2D eigenvalue weighted by atomic mass is 15.2. The molecule has 13 aromatic rings. The zero-order valence-electron chi connectivity index (χ0n) is 59.3. The van der Waals surface area contributed by atoms with Gasteiger partial charge in [-0.2, -0.15) is 9.15 Å². The lowest BCUT2D eigenvalue weighted by atomic mass is 9.66. The topological polar surface area (TPSA) is 12.5 Å². The number of nitrogens with zero attached hydrogens (tertiary/aromatic N) is 4. The van der Waals surface area contributed by atoms with Gasteiger partial charge in [-0.1, -0.05) is 301 Å². The Balaban J connectivity index is 0.890. The number of hydrogen-bond acceptors (Lipinski definition) is 2. The third-order valence-electron chi connectivity index (χ3n) is 23.5. The van der Waals surface area contributed by atoms with Gasteiger partial charge < -0.3 is 9.80 Å². The molecule has 0 radical (unpaired) electrons. The van der Waals surface area contributed by atoms with Crippen LogP contribution >= 0.6 is 0 Å². The van der Waals surface area contributed by atoms with Crippen molar-refractivity contribution in [2.24, 2.45) is 0 Å². The molecule has 0 aromatic heterocycles. The van der Waals surface area contributed by atoms with Crippen molar-refractivity contribution >= 4 is 77.3 Å². The van der Waals surface area contributed by atoms with E-state index in [0.29, 0.717) is 0 Å². The Morgan fingerprint density at radius 2 is 0.644 bits per heavy atom. The van der Waals surface area contributed by atoms with Crippen LogP contribution < -0.4 is 9.80 Å². The smallest absolute Gasteiger partial charge is 0.210 e. The van der Waals surface area contributed by atoms with E-state index in [1.54, 1.807) is 0 Å². The minimum absolute atomic E-state index is 0.178. The van der Waals surface area contributed by atoms with E-state index in [9.17, 15) is 0 Å². The molecule has 492 valence electrons. The molecule has 0 fully saturated rings. The maximum Gasteiger partial charge on any atom is 0.210 e. The number of benzene rings is 13. The maximum atomic E-state index is 2.62. The maximum absolute atomic E-state index is 2.62. The predicted molar refractivity (Wildman–Crippen MR) is 426 cm³/mol. The van der Waals surface area contributed by atoms with Gasteiger partial charge in [-0.3, -0.25) is 0 Å². The van der Waals surface area contributed by atoms with Gasteiger partial charge in [-0.15, -0.1) is 0 Å². The van der Waals surface area contributed by atoms with Gasteiger partial charge in [0.05, 0.1) is 10.8 Å². The fraction of sp³-hybridized carbons (Fsp3) is 0.175. The minimum Gasteiger partial charge on any atom is -0.347 e. The largest absolute Gasteiger partial charge is 0.347 e. The van der Waals surface area contributed by atoms with Gasteiger partial charge >= 0.3 is 0 Å². The normalized spacial score (nSPS) is 17.1. The van der Waals surface area contributed by atoms with Crippen LogP contribution in [0.4, 0.5) is 22.7 Å². The lowest BCUT2D eigenvalue weighted by Gasteiger charge is -2.31. The van der Waals surface area contributed by atoms with Gasteiger partial charge in [0, 0.05) is 89.0 Å². The highest BCUT2D eigenvalue weighted by Crippen LogP contribution is 2.57. The molecule has 4 nitrogen and oxygen atoms in total. The van der Waals surface area contributed by atoms with Gasteiger partial charge in [-0.25, -0.2) is 0 Å². The summed E-state index contributed by atoms with van der Waals surface area (Å²) < 4.78 is 5.15. The van der Waals surface area contributed by atoms with E-state index in [1.807, 2.05) is 0 Å². The van der Waals surface area contributed by atoms with Crippen LogP contribution in [0.2, 0.25) is 0 Å². The molecule has 17 rings (SSSR count). The van der Waals surface area contributed by atoms with Crippen molar-refractivity contribution in [2.75, 3.05) is 38.0 Å². The second-order valence-corrected chi connectivity index (χ2v) is 29.9. The summed E-state index contributed by atoms with van der Waals surface area (Å²) in [4.78, 5) is 4.85. The molecule has 0 atom stereocenters. The quantitative estimate of drug-likeness (QED) is 0.0749. The van der Waals surface area contributed by atoms with E-state index in [2.05, 4.69) is 396 Å². The number of fused-ring (bicyclic) bond motifs is 12. The molecule has 4 heterocycles. The van der Waals surface area contributed by atoms with Crippen molar-refractivity contribution in [3.8, 4) is 0 Å². The van der Waals surface area contributed by atoms with E-state index < -0.39 is 10.8 Å². The van der Waals surface area contributed by atoms with Crippen LogP contribution in [0, 0.1) is 0 Å². The average molecular weight is 1310 g/mol. The average Bonchev–Trinajstić information content (AvgIpc) is 1.59. The second-order valence-electron chi connectivity index (χ2n) is 29.9. The van der Waals surface area contributed by atoms with Gasteiger partial charge in [0.15, 0.2) is 11.4 Å². The fourth-order valence-electron chi connectivity index (χ4n) is 19.1. The Labute approximate surface area is 595 Å². The van der Waals surface area contributed by atoms with Crippen LogP contribution in [-0.4, -0.2) is 48.8 Å². The van der Waals surface area contributed by atoms with Gasteiger partial charge in [0.2, 0.25) is 11.4 Å². The van der Waals surface area contributed by atoms with Crippen molar-refractivity contribution in [1.82, 2.24) is 0 Å². The number of hydrogen-bond donors (Lipinski definition) is 0. The SMILES string of the molecule is CN1/C(=C/C=C/C2=[N+](C)c3cc(C(c4ccccc4)c4cc5c(c6ccccc46)C(Cc4ccccc4)(Cc4ccccc4)C(/C=C/C=C4/N(C)c6ccc7ccccc7c6C4(C)C)=[N+]5C)c4ccccc4c3C2(Cc2ccccc2)Cc2ccccc2)C(C)(C)c2c1ccc1ccccc21. The second kappa shape index (κ2) is 24.9. The Hall–Kier alpha value is -11.2. The zero-order valence-corrected chi connectivity index (χ0v) is 59.3. The molecular weight excluding hydrogens is 1220 g/mol. The summed E-state index contributed by atoms with van der Waals surface area (Å²) >= 11 is 0. The number of anilines is 2. The molecule has 4 heteroatoms. The summed E-state index contributed by atoms with van der Waals surface area (Å²) in [7, 11) is 9.19. The molecule has 0 saturated heterocycles. The third-order valence-corrected chi connectivity index (χ3v) is 23.5. The van der Waals surface area contributed by atoms with Gasteiger partial charge in [0.25, 0.3) is 0 Å². The van der Waals surface area contributed by atoms with Crippen LogP contribution in [0.25, 0.3) is 43.1 Å². The third kappa shape index (κ3) is 10.3. The van der Waals surface area contributed by atoms with E-state index in [4.69, 9.17) is 0 Å². The molecule has 0 spiro atoms. The van der Waals surface area contributed by atoms with Crippen LogP contribution in [0.5, 0.6) is 0 Å². The highest BCUT2D eigenvalue weighted by Gasteiger charge is 2.54. The van der Waals surface area contributed by atoms with E-state index in [0.717, 1.165) is 25.7 Å². The molecule has 0 unspecified atom stereocenters. The first kappa shape index (κ1) is 63.3. The summed E-state index contributed by atoms with van der Waals surface area (Å²) in [5.41, 5.74) is 23.3. The first-order valence-electron chi connectivity index (χ1n) is 36.1. The van der Waals surface area contributed by atoms with Gasteiger partial charge in [-0.05, 0) is 143 Å². The van der Waals surface area contributed by atoms with Crippen LogP contribution in [-0.2, 0) is 47.3 Å². The number of rotatable bonds is 15. The summed E-state index contributed by atoms with van der Waals surface area (Å²) in [6.07, 6.45) is 17.7. The Morgan fingerprint density at radius 1 is 0.337 bits per heavy atom. The molecule has 0 bridgehead atoms. The van der Waals surface area contributed by atoms with Gasteiger partial charge in [0.1, 0.15) is 14.1 Å². The van der Waals surface area contributed by atoms with Crippen molar-refractivity contribution in [2.45, 2.75) is 81.0 Å². The van der Waals surface area contributed by atoms with Crippen molar-refractivity contribution in [3.63, 3.8) is 0 Å². The molecule has 101 heavy (non-hydrogen) atoms. The van der Waals surface area contributed by atoms with Crippen LogP contribution in [0.3, 0.4) is 0 Å². The number of likely N-dealkylation sites (N-methyl/N-ethyl adjacent to an activating group) is 2. The standard InChI is InChI=1S/C97H86N4/c1-94(2)85(98(5)81-58-56-70-42-24-26-46-73(70)90(81)94)52-32-54-87-96(62-66-34-14-9-15-35-66,63-67-36-16-10-17-37-67)92-77-50-30-28-48-75(77)79(60-83(92)100(87)7)89(72-44-22-13-23-45-72)80-61-84-93(78-51-31-29-49-76(78)80)97(64-68-38-18-11-19-39-68,65-69-40-20-12-21-41-69)88(101(84)8)55-33-53-86-95(3,4)91-74-47-27-25-43-71(74)57-59-82(91)99(86)6/h9-61,89H,62-65H2,1-8H3/q+2. The zero-order chi connectivity index (χ0) is 68.8. The molecule has 13 aromatic carbocycles. The first-order chi connectivity index (χ1) is 49.2. The predicted octanol–water partition coefficient (Wildman–Crippen LogP) is 22.1. The van der Waals surface area contributed by atoms with E-state index in [-0.39, 0.29) is 16.7 Å². The molecular formula is C97H86N4+2. The molecule has 0 aliphatic carbocycles. The molecule has 0 saturated carbocycles. The number of allylic oxidation sites excluding steroid dienone is 8.